The maximum Gasteiger partial charge on any atom is 0.422 e. The number of para-hydroxylation sites is 1. The van der Waals surface area contributed by atoms with Crippen molar-refractivity contribution in [1.29, 1.82) is 0 Å². The Hall–Kier alpha value is -2.01. The molecule has 0 spiro atoms. The maximum absolute atomic E-state index is 12.5. The van der Waals surface area contributed by atoms with Gasteiger partial charge in [0, 0.05) is 44.8 Å². The normalized spacial score (nSPS) is 15.7. The van der Waals surface area contributed by atoms with E-state index < -0.39 is 12.8 Å². The minimum atomic E-state index is -4.37. The van der Waals surface area contributed by atoms with Crippen molar-refractivity contribution in [1.82, 2.24) is 15.5 Å². The van der Waals surface area contributed by atoms with Crippen molar-refractivity contribution in [2.75, 3.05) is 26.7 Å². The fourth-order valence-corrected chi connectivity index (χ4v) is 3.59. The zero-order valence-electron chi connectivity index (χ0n) is 18.1. The lowest BCUT2D eigenvalue weighted by atomic mass is 10.0. The number of nitrogens with zero attached hydrogens (tertiary/aromatic N) is 2. The highest BCUT2D eigenvalue weighted by Gasteiger charge is 2.28. The Morgan fingerprint density at radius 1 is 1.06 bits per heavy atom. The van der Waals surface area contributed by atoms with E-state index in [-0.39, 0.29) is 29.7 Å². The minimum Gasteiger partial charge on any atom is -0.484 e. The van der Waals surface area contributed by atoms with Crippen LogP contribution in [0, 0.1) is 0 Å². The van der Waals surface area contributed by atoms with Gasteiger partial charge < -0.3 is 15.4 Å². The molecule has 3 rings (SSSR count). The fraction of sp³-hybridized carbons (Fsp3) is 0.435. The van der Waals surface area contributed by atoms with Crippen LogP contribution < -0.4 is 15.4 Å². The number of guanidine groups is 1. The molecule has 2 aromatic carbocycles. The molecule has 176 valence electrons. The van der Waals surface area contributed by atoms with E-state index in [0.717, 1.165) is 32.5 Å². The lowest BCUT2D eigenvalue weighted by Gasteiger charge is -2.33. The average Bonchev–Trinajstić information content (AvgIpc) is 2.77. The van der Waals surface area contributed by atoms with Gasteiger partial charge in [-0.3, -0.25) is 9.89 Å². The monoisotopic (exact) mass is 562 g/mol. The number of halogens is 4. The van der Waals surface area contributed by atoms with E-state index in [1.165, 1.54) is 5.56 Å². The molecule has 5 nitrogen and oxygen atoms in total. The molecule has 1 fully saturated rings. The van der Waals surface area contributed by atoms with Gasteiger partial charge in [0.15, 0.2) is 12.6 Å². The van der Waals surface area contributed by atoms with Crippen molar-refractivity contribution in [3.63, 3.8) is 0 Å². The molecule has 0 aliphatic carbocycles. The first-order valence-electron chi connectivity index (χ1n) is 10.4. The summed E-state index contributed by atoms with van der Waals surface area (Å²) in [7, 11) is 1.69. The number of benzene rings is 2. The molecule has 0 radical (unpaired) electrons. The molecule has 2 aromatic rings. The second-order valence-corrected chi connectivity index (χ2v) is 7.62. The van der Waals surface area contributed by atoms with E-state index in [4.69, 9.17) is 4.74 Å². The molecule has 9 heteroatoms. The largest absolute Gasteiger partial charge is 0.484 e. The van der Waals surface area contributed by atoms with Gasteiger partial charge in [-0.1, -0.05) is 48.5 Å². The quantitative estimate of drug-likeness (QED) is 0.295. The summed E-state index contributed by atoms with van der Waals surface area (Å²) >= 11 is 0. The molecule has 2 N–H and O–H groups in total. The summed E-state index contributed by atoms with van der Waals surface area (Å²) in [5.74, 6) is 0.851. The van der Waals surface area contributed by atoms with E-state index in [1.807, 2.05) is 6.07 Å². The summed E-state index contributed by atoms with van der Waals surface area (Å²) < 4.78 is 42.4. The third-order valence-electron chi connectivity index (χ3n) is 5.21. The van der Waals surface area contributed by atoms with Gasteiger partial charge in [0.25, 0.3) is 0 Å². The van der Waals surface area contributed by atoms with Gasteiger partial charge in [-0.15, -0.1) is 24.0 Å². The number of alkyl halides is 3. The Balaban J connectivity index is 0.00000363. The maximum atomic E-state index is 12.5. The molecular weight excluding hydrogens is 532 g/mol. The zero-order chi connectivity index (χ0) is 22.1. The molecule has 0 aromatic heterocycles. The van der Waals surface area contributed by atoms with Crippen molar-refractivity contribution in [2.24, 2.45) is 4.99 Å². The van der Waals surface area contributed by atoms with Gasteiger partial charge in [0.2, 0.25) is 0 Å². The SMILES string of the molecule is CN=C(NCc1ccccc1OCC(F)(F)F)NC1CCN(Cc2ccccc2)CC1.I. The second-order valence-electron chi connectivity index (χ2n) is 7.62. The van der Waals surface area contributed by atoms with Gasteiger partial charge >= 0.3 is 6.18 Å². The van der Waals surface area contributed by atoms with E-state index in [1.54, 1.807) is 31.3 Å². The first-order valence-corrected chi connectivity index (χ1v) is 10.4. The smallest absolute Gasteiger partial charge is 0.422 e. The molecule has 1 saturated heterocycles. The number of aliphatic imine (C=N–C) groups is 1. The second kappa shape index (κ2) is 12.9. The minimum absolute atomic E-state index is 0. The van der Waals surface area contributed by atoms with Gasteiger partial charge in [-0.05, 0) is 24.5 Å². The predicted octanol–water partition coefficient (Wildman–Crippen LogP) is 4.58. The average molecular weight is 562 g/mol. The molecule has 1 heterocycles. The Kier molecular flexibility index (Phi) is 10.6. The highest BCUT2D eigenvalue weighted by atomic mass is 127. The van der Waals surface area contributed by atoms with Crippen LogP contribution >= 0.6 is 24.0 Å². The standard InChI is InChI=1S/C23H29F3N4O.HI/c1-27-22(28-15-19-9-5-6-10-21(19)31-17-23(24,25)26)29-20-11-13-30(14-12-20)16-18-7-3-2-4-8-18;/h2-10,20H,11-17H2,1H3,(H2,27,28,29);1H. The van der Waals surface area contributed by atoms with Crippen LogP contribution in [0.15, 0.2) is 59.6 Å². The van der Waals surface area contributed by atoms with Crippen LogP contribution in [0.25, 0.3) is 0 Å². The molecule has 0 unspecified atom stereocenters. The van der Waals surface area contributed by atoms with E-state index in [0.29, 0.717) is 24.1 Å². The van der Waals surface area contributed by atoms with Crippen LogP contribution in [0.5, 0.6) is 5.75 Å². The first kappa shape index (κ1) is 26.2. The number of hydrogen-bond donors (Lipinski definition) is 2. The molecule has 0 amide bonds. The van der Waals surface area contributed by atoms with Crippen molar-refractivity contribution in [3.05, 3.63) is 65.7 Å². The van der Waals surface area contributed by atoms with E-state index in [2.05, 4.69) is 44.8 Å². The molecule has 0 saturated carbocycles. The van der Waals surface area contributed by atoms with Crippen LogP contribution in [-0.4, -0.2) is 49.8 Å². The fourth-order valence-electron chi connectivity index (χ4n) is 3.59. The van der Waals surface area contributed by atoms with Crippen LogP contribution in [0.1, 0.15) is 24.0 Å². The summed E-state index contributed by atoms with van der Waals surface area (Å²) in [6.07, 6.45) is -2.37. The first-order chi connectivity index (χ1) is 14.9. The predicted molar refractivity (Wildman–Crippen MR) is 131 cm³/mol. The van der Waals surface area contributed by atoms with Gasteiger partial charge in [-0.25, -0.2) is 0 Å². The summed E-state index contributed by atoms with van der Waals surface area (Å²) in [5.41, 5.74) is 1.96. The third kappa shape index (κ3) is 8.85. The van der Waals surface area contributed by atoms with Gasteiger partial charge in [0.1, 0.15) is 5.75 Å². The Labute approximate surface area is 204 Å². The Morgan fingerprint density at radius 2 is 1.72 bits per heavy atom. The number of nitrogens with one attached hydrogen (secondary N) is 2. The van der Waals surface area contributed by atoms with E-state index in [9.17, 15) is 13.2 Å². The zero-order valence-corrected chi connectivity index (χ0v) is 20.4. The van der Waals surface area contributed by atoms with Crippen molar-refractivity contribution < 1.29 is 17.9 Å². The highest BCUT2D eigenvalue weighted by molar-refractivity contribution is 14.0. The number of likely N-dealkylation sites (tertiary alicyclic amines) is 1. The summed E-state index contributed by atoms with van der Waals surface area (Å²) in [5, 5.41) is 6.61. The highest BCUT2D eigenvalue weighted by Crippen LogP contribution is 2.22. The van der Waals surface area contributed by atoms with E-state index >= 15 is 0 Å². The molecule has 0 bridgehead atoms. The molecule has 1 aliphatic heterocycles. The molecule has 0 atom stereocenters. The summed E-state index contributed by atoms with van der Waals surface area (Å²) in [6, 6.07) is 17.5. The number of hydrogen-bond acceptors (Lipinski definition) is 3. The molecular formula is C23H30F3IN4O. The summed E-state index contributed by atoms with van der Waals surface area (Å²) in [6.45, 7) is 1.96. The molecule has 32 heavy (non-hydrogen) atoms. The van der Waals surface area contributed by atoms with Crippen LogP contribution in [0.4, 0.5) is 13.2 Å². The van der Waals surface area contributed by atoms with Crippen molar-refractivity contribution in [3.8, 4) is 5.75 Å². The van der Waals surface area contributed by atoms with Crippen molar-refractivity contribution in [2.45, 2.75) is 38.1 Å². The van der Waals surface area contributed by atoms with Crippen LogP contribution in [0.2, 0.25) is 0 Å². The Bertz CT molecular complexity index is 841. The van der Waals surface area contributed by atoms with Gasteiger partial charge in [-0.2, -0.15) is 13.2 Å². The number of rotatable bonds is 7. The summed E-state index contributed by atoms with van der Waals surface area (Å²) in [4.78, 5) is 6.70. The molecule has 1 aliphatic rings. The van der Waals surface area contributed by atoms with Gasteiger partial charge in [0.05, 0.1) is 0 Å². The van der Waals surface area contributed by atoms with Crippen LogP contribution in [0.3, 0.4) is 0 Å². The number of ether oxygens (including phenoxy) is 1. The van der Waals surface area contributed by atoms with Crippen molar-refractivity contribution >= 4 is 29.9 Å². The van der Waals surface area contributed by atoms with Crippen LogP contribution in [-0.2, 0) is 13.1 Å². The number of piperidine rings is 1. The Morgan fingerprint density at radius 3 is 2.38 bits per heavy atom. The lowest BCUT2D eigenvalue weighted by molar-refractivity contribution is -0.153. The third-order valence-corrected chi connectivity index (χ3v) is 5.21. The lowest BCUT2D eigenvalue weighted by Crippen LogP contribution is -2.48. The topological polar surface area (TPSA) is 48.9 Å².